The number of piperidine rings is 1. The third-order valence-corrected chi connectivity index (χ3v) is 3.84. The molecule has 18 heavy (non-hydrogen) atoms. The normalized spacial score (nSPS) is 19.7. The van der Waals surface area contributed by atoms with Crippen LogP contribution in [-0.2, 0) is 11.2 Å². The summed E-state index contributed by atoms with van der Waals surface area (Å²) >= 11 is 0. The van der Waals surface area contributed by atoms with Crippen LogP contribution in [0.4, 0.5) is 5.69 Å². The van der Waals surface area contributed by atoms with Crippen molar-refractivity contribution in [1.82, 2.24) is 5.32 Å². The van der Waals surface area contributed by atoms with Crippen LogP contribution in [0.2, 0.25) is 0 Å². The van der Waals surface area contributed by atoms with E-state index >= 15 is 0 Å². The zero-order valence-electron chi connectivity index (χ0n) is 10.4. The average molecular weight is 267 g/mol. The number of hydrogen-bond acceptors (Lipinski definition) is 2. The van der Waals surface area contributed by atoms with Crippen LogP contribution in [0, 0.1) is 0 Å². The third kappa shape index (κ3) is 2.68. The highest BCUT2D eigenvalue weighted by Gasteiger charge is 2.19. The fourth-order valence-corrected chi connectivity index (χ4v) is 2.80. The minimum atomic E-state index is 0. The first-order valence-electron chi connectivity index (χ1n) is 6.46. The van der Waals surface area contributed by atoms with Gasteiger partial charge in [0.25, 0.3) is 0 Å². The number of hydrogen-bond donors (Lipinski definition) is 2. The SMILES string of the molecule is Cl.O=C1CCc2ccc(C3CCNCC3)cc2N1. The molecule has 1 saturated heterocycles. The van der Waals surface area contributed by atoms with Crippen molar-refractivity contribution in [3.8, 4) is 0 Å². The van der Waals surface area contributed by atoms with E-state index in [1.54, 1.807) is 0 Å². The molecule has 2 aliphatic rings. The van der Waals surface area contributed by atoms with E-state index in [1.165, 1.54) is 24.0 Å². The van der Waals surface area contributed by atoms with Crippen LogP contribution >= 0.6 is 12.4 Å². The zero-order chi connectivity index (χ0) is 11.7. The first kappa shape index (κ1) is 13.4. The lowest BCUT2D eigenvalue weighted by atomic mass is 9.88. The molecule has 0 radical (unpaired) electrons. The predicted molar refractivity (Wildman–Crippen MR) is 75.5 cm³/mol. The molecule has 0 spiro atoms. The van der Waals surface area contributed by atoms with Gasteiger partial charge in [0, 0.05) is 12.1 Å². The van der Waals surface area contributed by atoms with Gasteiger partial charge >= 0.3 is 0 Å². The summed E-state index contributed by atoms with van der Waals surface area (Å²) in [6.45, 7) is 2.21. The molecule has 0 aliphatic carbocycles. The van der Waals surface area contributed by atoms with E-state index in [9.17, 15) is 4.79 Å². The number of anilines is 1. The Balaban J connectivity index is 0.00000120. The van der Waals surface area contributed by atoms with Crippen LogP contribution in [0.5, 0.6) is 0 Å². The number of benzene rings is 1. The van der Waals surface area contributed by atoms with Crippen molar-refractivity contribution in [2.45, 2.75) is 31.6 Å². The Morgan fingerprint density at radius 3 is 2.67 bits per heavy atom. The van der Waals surface area contributed by atoms with Gasteiger partial charge < -0.3 is 10.6 Å². The average Bonchev–Trinajstić information content (AvgIpc) is 2.39. The van der Waals surface area contributed by atoms with Crippen LogP contribution in [0.15, 0.2) is 18.2 Å². The van der Waals surface area contributed by atoms with E-state index in [2.05, 4.69) is 28.8 Å². The largest absolute Gasteiger partial charge is 0.326 e. The first-order chi connectivity index (χ1) is 8.33. The highest BCUT2D eigenvalue weighted by atomic mass is 35.5. The molecule has 0 unspecified atom stereocenters. The van der Waals surface area contributed by atoms with E-state index in [1.807, 2.05) is 0 Å². The van der Waals surface area contributed by atoms with Gasteiger partial charge in [-0.05, 0) is 55.5 Å². The van der Waals surface area contributed by atoms with Crippen molar-refractivity contribution in [2.24, 2.45) is 0 Å². The molecule has 1 aromatic carbocycles. The molecular formula is C14H19ClN2O. The molecule has 3 rings (SSSR count). The summed E-state index contributed by atoms with van der Waals surface area (Å²) in [5.74, 6) is 0.806. The maximum atomic E-state index is 11.4. The quantitative estimate of drug-likeness (QED) is 0.820. The van der Waals surface area contributed by atoms with Crippen LogP contribution in [0.3, 0.4) is 0 Å². The summed E-state index contributed by atoms with van der Waals surface area (Å²) in [5, 5.41) is 6.37. The van der Waals surface area contributed by atoms with Crippen molar-refractivity contribution < 1.29 is 4.79 Å². The lowest BCUT2D eigenvalue weighted by Gasteiger charge is -2.25. The van der Waals surface area contributed by atoms with Crippen LogP contribution in [-0.4, -0.2) is 19.0 Å². The minimum absolute atomic E-state index is 0. The van der Waals surface area contributed by atoms with E-state index in [0.29, 0.717) is 12.3 Å². The lowest BCUT2D eigenvalue weighted by Crippen LogP contribution is -2.27. The van der Waals surface area contributed by atoms with Crippen LogP contribution < -0.4 is 10.6 Å². The van der Waals surface area contributed by atoms with Gasteiger partial charge in [0.1, 0.15) is 0 Å². The van der Waals surface area contributed by atoms with Gasteiger partial charge in [0.05, 0.1) is 0 Å². The van der Waals surface area contributed by atoms with Crippen LogP contribution in [0.1, 0.15) is 36.3 Å². The second-order valence-electron chi connectivity index (χ2n) is 4.99. The second-order valence-corrected chi connectivity index (χ2v) is 4.99. The smallest absolute Gasteiger partial charge is 0.224 e. The lowest BCUT2D eigenvalue weighted by molar-refractivity contribution is -0.116. The fourth-order valence-electron chi connectivity index (χ4n) is 2.80. The predicted octanol–water partition coefficient (Wildman–Crippen LogP) is 2.46. The minimum Gasteiger partial charge on any atom is -0.326 e. The topological polar surface area (TPSA) is 41.1 Å². The molecule has 3 nitrogen and oxygen atoms in total. The molecule has 1 aromatic rings. The summed E-state index contributed by atoms with van der Waals surface area (Å²) in [7, 11) is 0. The third-order valence-electron chi connectivity index (χ3n) is 3.84. The Morgan fingerprint density at radius 2 is 1.89 bits per heavy atom. The first-order valence-corrected chi connectivity index (χ1v) is 6.46. The van der Waals surface area contributed by atoms with Crippen molar-refractivity contribution in [1.29, 1.82) is 0 Å². The summed E-state index contributed by atoms with van der Waals surface area (Å²) in [6.07, 6.45) is 3.91. The van der Waals surface area contributed by atoms with Gasteiger partial charge in [-0.3, -0.25) is 4.79 Å². The van der Waals surface area contributed by atoms with E-state index in [4.69, 9.17) is 0 Å². The van der Waals surface area contributed by atoms with Crippen molar-refractivity contribution in [3.05, 3.63) is 29.3 Å². The molecule has 98 valence electrons. The van der Waals surface area contributed by atoms with E-state index < -0.39 is 0 Å². The Hall–Kier alpha value is -1.06. The molecule has 1 amide bonds. The number of amides is 1. The monoisotopic (exact) mass is 266 g/mol. The van der Waals surface area contributed by atoms with Gasteiger partial charge in [-0.15, -0.1) is 12.4 Å². The number of carbonyl (C=O) groups excluding carboxylic acids is 1. The van der Waals surface area contributed by atoms with Crippen molar-refractivity contribution in [2.75, 3.05) is 18.4 Å². The zero-order valence-corrected chi connectivity index (χ0v) is 11.2. The molecule has 4 heteroatoms. The van der Waals surface area contributed by atoms with Gasteiger partial charge in [0.15, 0.2) is 0 Å². The van der Waals surface area contributed by atoms with Crippen LogP contribution in [0.25, 0.3) is 0 Å². The standard InChI is InChI=1S/C14H18N2O.ClH/c17-14-4-3-11-1-2-12(9-13(11)16-14)10-5-7-15-8-6-10;/h1-2,9-10,15H,3-8H2,(H,16,17);1H. The Kier molecular flexibility index (Phi) is 4.25. The van der Waals surface area contributed by atoms with Gasteiger partial charge in [-0.2, -0.15) is 0 Å². The maximum Gasteiger partial charge on any atom is 0.224 e. The number of carbonyl (C=O) groups is 1. The summed E-state index contributed by atoms with van der Waals surface area (Å²) in [5.41, 5.74) is 3.70. The Labute approximate surface area is 114 Å². The highest BCUT2D eigenvalue weighted by molar-refractivity contribution is 5.94. The molecular weight excluding hydrogens is 248 g/mol. The number of halogens is 1. The second kappa shape index (κ2) is 5.72. The summed E-state index contributed by atoms with van der Waals surface area (Å²) < 4.78 is 0. The molecule has 0 aromatic heterocycles. The van der Waals surface area contributed by atoms with Crippen molar-refractivity contribution in [3.63, 3.8) is 0 Å². The molecule has 2 heterocycles. The van der Waals surface area contributed by atoms with Crippen molar-refractivity contribution >= 4 is 24.0 Å². The number of aryl methyl sites for hydroxylation is 1. The molecule has 0 bridgehead atoms. The fraction of sp³-hybridized carbons (Fsp3) is 0.500. The Bertz CT molecular complexity index is 441. The van der Waals surface area contributed by atoms with Gasteiger partial charge in [-0.1, -0.05) is 12.1 Å². The summed E-state index contributed by atoms with van der Waals surface area (Å²) in [4.78, 5) is 11.4. The maximum absolute atomic E-state index is 11.4. The van der Waals surface area contributed by atoms with E-state index in [0.717, 1.165) is 25.2 Å². The summed E-state index contributed by atoms with van der Waals surface area (Å²) in [6, 6.07) is 6.61. The molecule has 2 N–H and O–H groups in total. The van der Waals surface area contributed by atoms with E-state index in [-0.39, 0.29) is 18.3 Å². The van der Waals surface area contributed by atoms with Gasteiger partial charge in [0.2, 0.25) is 5.91 Å². The van der Waals surface area contributed by atoms with Gasteiger partial charge in [-0.25, -0.2) is 0 Å². The number of rotatable bonds is 1. The molecule has 0 saturated carbocycles. The highest BCUT2D eigenvalue weighted by Crippen LogP contribution is 2.30. The molecule has 0 atom stereocenters. The molecule has 2 aliphatic heterocycles. The number of fused-ring (bicyclic) bond motifs is 1. The number of nitrogens with one attached hydrogen (secondary N) is 2. The molecule has 1 fully saturated rings. The Morgan fingerprint density at radius 1 is 1.11 bits per heavy atom.